The van der Waals surface area contributed by atoms with Crippen molar-refractivity contribution in [3.63, 3.8) is 0 Å². The van der Waals surface area contributed by atoms with Crippen molar-refractivity contribution in [2.24, 2.45) is 0 Å². The Hall–Kier alpha value is -1.42. The van der Waals surface area contributed by atoms with Gasteiger partial charge in [-0.15, -0.1) is 0 Å². The minimum Gasteiger partial charge on any atom is -0.385 e. The Morgan fingerprint density at radius 2 is 1.91 bits per heavy atom. The molecule has 118 valence electrons. The van der Waals surface area contributed by atoms with Gasteiger partial charge in [0.1, 0.15) is 0 Å². The third-order valence-corrected chi connectivity index (χ3v) is 4.53. The number of hydrogen-bond donors (Lipinski definition) is 1. The molecule has 1 N–H and O–H groups in total. The van der Waals surface area contributed by atoms with Crippen LogP contribution in [0.1, 0.15) is 24.8 Å². The first-order valence-electron chi connectivity index (χ1n) is 8.22. The average Bonchev–Trinajstić information content (AvgIpc) is 2.56. The molecule has 1 aliphatic carbocycles. The van der Waals surface area contributed by atoms with Gasteiger partial charge in [0.15, 0.2) is 0 Å². The third kappa shape index (κ3) is 4.07. The number of benzene rings is 1. The van der Waals surface area contributed by atoms with E-state index < -0.39 is 5.60 Å². The lowest BCUT2D eigenvalue weighted by molar-refractivity contribution is 0.0311. The maximum Gasteiger partial charge on any atom is 0.0871 e. The van der Waals surface area contributed by atoms with Crippen molar-refractivity contribution in [2.75, 3.05) is 32.8 Å². The van der Waals surface area contributed by atoms with Gasteiger partial charge in [0.2, 0.25) is 0 Å². The van der Waals surface area contributed by atoms with Crippen LogP contribution in [0, 0.1) is 0 Å². The molecule has 0 bridgehead atoms. The largest absolute Gasteiger partial charge is 0.385 e. The van der Waals surface area contributed by atoms with E-state index in [1.807, 2.05) is 30.4 Å². The Bertz CT molecular complexity index is 532. The van der Waals surface area contributed by atoms with Crippen molar-refractivity contribution < 1.29 is 9.84 Å². The van der Waals surface area contributed by atoms with E-state index in [4.69, 9.17) is 4.74 Å². The molecule has 3 heteroatoms. The Labute approximate surface area is 132 Å². The summed E-state index contributed by atoms with van der Waals surface area (Å²) in [6.07, 6.45) is 8.61. The van der Waals surface area contributed by atoms with E-state index in [0.717, 1.165) is 45.7 Å². The molecule has 0 amide bonds. The van der Waals surface area contributed by atoms with E-state index in [0.29, 0.717) is 6.42 Å². The first-order valence-corrected chi connectivity index (χ1v) is 8.22. The van der Waals surface area contributed by atoms with Gasteiger partial charge in [0.05, 0.1) is 18.8 Å². The van der Waals surface area contributed by atoms with E-state index in [-0.39, 0.29) is 0 Å². The number of hydrogen-bond acceptors (Lipinski definition) is 3. The van der Waals surface area contributed by atoms with E-state index >= 15 is 0 Å². The van der Waals surface area contributed by atoms with Gasteiger partial charge in [-0.2, -0.15) is 0 Å². The lowest BCUT2D eigenvalue weighted by Crippen LogP contribution is -2.38. The molecule has 1 heterocycles. The Balaban J connectivity index is 1.53. The maximum atomic E-state index is 10.9. The molecule has 1 aliphatic heterocycles. The molecule has 1 atom stereocenters. The van der Waals surface area contributed by atoms with Crippen LogP contribution in [0.2, 0.25) is 0 Å². The molecule has 0 saturated carbocycles. The van der Waals surface area contributed by atoms with E-state index in [9.17, 15) is 5.11 Å². The average molecular weight is 299 g/mol. The molecule has 1 aromatic carbocycles. The number of morpholine rings is 1. The van der Waals surface area contributed by atoms with Crippen molar-refractivity contribution in [3.8, 4) is 0 Å². The summed E-state index contributed by atoms with van der Waals surface area (Å²) in [4.78, 5) is 2.42. The van der Waals surface area contributed by atoms with Gasteiger partial charge in [-0.3, -0.25) is 4.90 Å². The lowest BCUT2D eigenvalue weighted by Gasteiger charge is -2.31. The van der Waals surface area contributed by atoms with Gasteiger partial charge >= 0.3 is 0 Å². The highest BCUT2D eigenvalue weighted by Gasteiger charge is 2.27. The minimum atomic E-state index is -0.702. The van der Waals surface area contributed by atoms with Crippen molar-refractivity contribution in [3.05, 3.63) is 54.1 Å². The molecule has 0 radical (unpaired) electrons. The summed E-state index contributed by atoms with van der Waals surface area (Å²) in [5.41, 5.74) is 1.72. The molecule has 0 aromatic heterocycles. The van der Waals surface area contributed by atoms with Crippen LogP contribution in [0.5, 0.6) is 0 Å². The monoisotopic (exact) mass is 299 g/mol. The van der Waals surface area contributed by atoms with Crippen molar-refractivity contribution >= 4 is 5.57 Å². The van der Waals surface area contributed by atoms with Gasteiger partial charge in [0, 0.05) is 19.5 Å². The zero-order valence-corrected chi connectivity index (χ0v) is 13.1. The predicted octanol–water partition coefficient (Wildman–Crippen LogP) is 2.87. The number of rotatable bonds is 5. The molecule has 3 nitrogen and oxygen atoms in total. The summed E-state index contributed by atoms with van der Waals surface area (Å²) >= 11 is 0. The summed E-state index contributed by atoms with van der Waals surface area (Å²) in [5.74, 6) is 0. The van der Waals surface area contributed by atoms with Gasteiger partial charge in [-0.1, -0.05) is 48.6 Å². The standard InChI is InChI=1S/C19H25NO2/c21-19(10-5-11-20-12-14-22-15-13-20)9-4-8-18(16-19)17-6-2-1-3-7-17/h1-4,6-9,21H,5,10-16H2. The fourth-order valence-electron chi connectivity index (χ4n) is 3.25. The highest BCUT2D eigenvalue weighted by Crippen LogP contribution is 2.32. The van der Waals surface area contributed by atoms with Crippen LogP contribution < -0.4 is 0 Å². The lowest BCUT2D eigenvalue weighted by atomic mass is 9.83. The highest BCUT2D eigenvalue weighted by atomic mass is 16.5. The summed E-state index contributed by atoms with van der Waals surface area (Å²) in [6, 6.07) is 10.3. The number of allylic oxidation sites excluding steroid dienone is 2. The van der Waals surface area contributed by atoms with Gasteiger partial charge in [-0.25, -0.2) is 0 Å². The highest BCUT2D eigenvalue weighted by molar-refractivity contribution is 5.69. The van der Waals surface area contributed by atoms with Crippen molar-refractivity contribution in [1.29, 1.82) is 0 Å². The first-order chi connectivity index (χ1) is 10.8. The van der Waals surface area contributed by atoms with Gasteiger partial charge in [0.25, 0.3) is 0 Å². The van der Waals surface area contributed by atoms with Crippen LogP contribution in [-0.4, -0.2) is 48.5 Å². The van der Waals surface area contributed by atoms with Crippen LogP contribution in [0.25, 0.3) is 5.57 Å². The van der Waals surface area contributed by atoms with Crippen molar-refractivity contribution in [1.82, 2.24) is 4.90 Å². The summed E-state index contributed by atoms with van der Waals surface area (Å²) in [7, 11) is 0. The van der Waals surface area contributed by atoms with E-state index in [1.54, 1.807) is 0 Å². The SMILES string of the molecule is OC1(CCCN2CCOCC2)C=CC=C(c2ccccc2)C1. The smallest absolute Gasteiger partial charge is 0.0871 e. The van der Waals surface area contributed by atoms with Crippen LogP contribution >= 0.6 is 0 Å². The zero-order valence-electron chi connectivity index (χ0n) is 13.1. The normalized spacial score (nSPS) is 26.0. The fourth-order valence-corrected chi connectivity index (χ4v) is 3.25. The number of aliphatic hydroxyl groups is 1. The predicted molar refractivity (Wildman–Crippen MR) is 89.6 cm³/mol. The maximum absolute atomic E-state index is 10.9. The molecule has 1 saturated heterocycles. The van der Waals surface area contributed by atoms with E-state index in [2.05, 4.69) is 23.1 Å². The molecule has 2 aliphatic rings. The van der Waals surface area contributed by atoms with Crippen LogP contribution in [0.15, 0.2) is 48.6 Å². The second-order valence-electron chi connectivity index (χ2n) is 6.25. The van der Waals surface area contributed by atoms with Crippen LogP contribution in [-0.2, 0) is 4.74 Å². The minimum absolute atomic E-state index is 0.702. The molecule has 22 heavy (non-hydrogen) atoms. The van der Waals surface area contributed by atoms with E-state index in [1.165, 1.54) is 11.1 Å². The summed E-state index contributed by atoms with van der Waals surface area (Å²) in [5, 5.41) is 10.9. The quantitative estimate of drug-likeness (QED) is 0.907. The summed E-state index contributed by atoms with van der Waals surface area (Å²) < 4.78 is 5.37. The van der Waals surface area contributed by atoms with Crippen LogP contribution in [0.3, 0.4) is 0 Å². The number of nitrogens with zero attached hydrogens (tertiary/aromatic N) is 1. The Morgan fingerprint density at radius 3 is 2.68 bits per heavy atom. The topological polar surface area (TPSA) is 32.7 Å². The molecule has 3 rings (SSSR count). The van der Waals surface area contributed by atoms with Crippen molar-refractivity contribution in [2.45, 2.75) is 24.9 Å². The molecular weight excluding hydrogens is 274 g/mol. The second-order valence-corrected chi connectivity index (χ2v) is 6.25. The molecule has 0 spiro atoms. The third-order valence-electron chi connectivity index (χ3n) is 4.53. The fraction of sp³-hybridized carbons (Fsp3) is 0.474. The molecule has 1 unspecified atom stereocenters. The number of ether oxygens (including phenoxy) is 1. The summed E-state index contributed by atoms with van der Waals surface area (Å²) in [6.45, 7) is 4.76. The Morgan fingerprint density at radius 1 is 1.14 bits per heavy atom. The molecular formula is C19H25NO2. The van der Waals surface area contributed by atoms with Crippen LogP contribution in [0.4, 0.5) is 0 Å². The second kappa shape index (κ2) is 7.23. The van der Waals surface area contributed by atoms with Gasteiger partial charge < -0.3 is 9.84 Å². The van der Waals surface area contributed by atoms with Gasteiger partial charge in [-0.05, 0) is 30.5 Å². The Kier molecular flexibility index (Phi) is 5.08. The molecule has 1 aromatic rings. The first kappa shape index (κ1) is 15.5. The molecule has 1 fully saturated rings. The zero-order chi connectivity index (χ0) is 15.3.